The van der Waals surface area contributed by atoms with Gasteiger partial charge in [-0.25, -0.2) is 4.98 Å². The van der Waals surface area contributed by atoms with Crippen LogP contribution in [-0.2, 0) is 6.54 Å². The highest BCUT2D eigenvalue weighted by molar-refractivity contribution is 5.03. The largest absolute Gasteiger partial charge is 0.447 e. The maximum atomic E-state index is 5.24. The van der Waals surface area contributed by atoms with Crippen LogP contribution in [0.2, 0.25) is 0 Å². The van der Waals surface area contributed by atoms with Gasteiger partial charge in [-0.3, -0.25) is 0 Å². The van der Waals surface area contributed by atoms with Crippen LogP contribution in [0.25, 0.3) is 0 Å². The summed E-state index contributed by atoms with van der Waals surface area (Å²) in [4.78, 5) is 6.43. The lowest BCUT2D eigenvalue weighted by Crippen LogP contribution is -2.31. The Morgan fingerprint density at radius 2 is 2.13 bits per heavy atom. The summed E-state index contributed by atoms with van der Waals surface area (Å²) in [6, 6.07) is 0. The van der Waals surface area contributed by atoms with Crippen LogP contribution in [0.15, 0.2) is 10.8 Å². The summed E-state index contributed by atoms with van der Waals surface area (Å²) in [5.41, 5.74) is 0.977. The van der Waals surface area contributed by atoms with E-state index >= 15 is 0 Å². The summed E-state index contributed by atoms with van der Waals surface area (Å²) in [5, 5.41) is 3.35. The van der Waals surface area contributed by atoms with Crippen molar-refractivity contribution < 1.29 is 4.42 Å². The monoisotopic (exact) mass is 211 g/mol. The second-order valence-electron chi connectivity index (χ2n) is 3.56. The van der Waals surface area contributed by atoms with Gasteiger partial charge in [-0.05, 0) is 20.0 Å². The third-order valence-corrected chi connectivity index (χ3v) is 2.63. The molecular weight excluding hydrogens is 190 g/mol. The normalized spacial score (nSPS) is 11.2. The van der Waals surface area contributed by atoms with E-state index in [1.165, 1.54) is 6.39 Å². The Kier molecular flexibility index (Phi) is 5.36. The van der Waals surface area contributed by atoms with Gasteiger partial charge in [0.05, 0.1) is 12.2 Å². The molecule has 4 nitrogen and oxygen atoms in total. The summed E-state index contributed by atoms with van der Waals surface area (Å²) in [5.74, 6) is 0.939. The molecule has 1 aromatic rings. The van der Waals surface area contributed by atoms with E-state index in [-0.39, 0.29) is 0 Å². The van der Waals surface area contributed by atoms with Crippen LogP contribution in [0, 0.1) is 6.92 Å². The number of hydrogen-bond donors (Lipinski definition) is 1. The molecule has 1 heterocycles. The zero-order valence-electron chi connectivity index (χ0n) is 9.92. The molecule has 1 aromatic heterocycles. The van der Waals surface area contributed by atoms with E-state index in [4.69, 9.17) is 4.42 Å². The van der Waals surface area contributed by atoms with Crippen molar-refractivity contribution in [2.24, 2.45) is 0 Å². The highest BCUT2D eigenvalue weighted by Crippen LogP contribution is 2.03. The van der Waals surface area contributed by atoms with Crippen molar-refractivity contribution in [3.8, 4) is 0 Å². The molecule has 0 saturated heterocycles. The standard InChI is InChI=1S/C11H21N3O/c1-4-14(5-2)7-6-12-8-11-10(3)13-9-15-11/h9,12H,4-8H2,1-3H3. The van der Waals surface area contributed by atoms with Crippen LogP contribution in [0.1, 0.15) is 25.3 Å². The Morgan fingerprint density at radius 1 is 1.40 bits per heavy atom. The number of oxazole rings is 1. The minimum absolute atomic E-state index is 0.771. The van der Waals surface area contributed by atoms with E-state index in [0.29, 0.717) is 0 Å². The first-order valence-corrected chi connectivity index (χ1v) is 5.60. The van der Waals surface area contributed by atoms with E-state index in [1.54, 1.807) is 0 Å². The summed E-state index contributed by atoms with van der Waals surface area (Å²) in [6.07, 6.45) is 1.50. The minimum Gasteiger partial charge on any atom is -0.447 e. The molecule has 15 heavy (non-hydrogen) atoms. The van der Waals surface area contributed by atoms with Crippen molar-refractivity contribution in [3.63, 3.8) is 0 Å². The Morgan fingerprint density at radius 3 is 2.67 bits per heavy atom. The maximum Gasteiger partial charge on any atom is 0.181 e. The van der Waals surface area contributed by atoms with Gasteiger partial charge in [0.15, 0.2) is 6.39 Å². The molecule has 86 valence electrons. The van der Waals surface area contributed by atoms with Gasteiger partial charge < -0.3 is 14.6 Å². The van der Waals surface area contributed by atoms with Gasteiger partial charge in [-0.15, -0.1) is 0 Å². The fourth-order valence-electron chi connectivity index (χ4n) is 1.47. The van der Waals surface area contributed by atoms with Gasteiger partial charge >= 0.3 is 0 Å². The summed E-state index contributed by atoms with van der Waals surface area (Å²) < 4.78 is 5.24. The molecule has 4 heteroatoms. The molecule has 0 radical (unpaired) electrons. The zero-order valence-corrected chi connectivity index (χ0v) is 9.92. The maximum absolute atomic E-state index is 5.24. The Bertz CT molecular complexity index is 269. The van der Waals surface area contributed by atoms with Gasteiger partial charge in [0.25, 0.3) is 0 Å². The molecule has 0 aliphatic heterocycles. The van der Waals surface area contributed by atoms with Crippen molar-refractivity contribution in [2.45, 2.75) is 27.3 Å². The number of aryl methyl sites for hydroxylation is 1. The SMILES string of the molecule is CCN(CC)CCNCc1ocnc1C. The first-order chi connectivity index (χ1) is 7.27. The van der Waals surface area contributed by atoms with Crippen molar-refractivity contribution in [3.05, 3.63) is 17.8 Å². The lowest BCUT2D eigenvalue weighted by Gasteiger charge is -2.17. The fourth-order valence-corrected chi connectivity index (χ4v) is 1.47. The molecule has 0 spiro atoms. The molecule has 0 amide bonds. The van der Waals surface area contributed by atoms with Crippen LogP contribution in [0.5, 0.6) is 0 Å². The zero-order chi connectivity index (χ0) is 11.1. The minimum atomic E-state index is 0.771. The van der Waals surface area contributed by atoms with E-state index in [0.717, 1.165) is 44.2 Å². The molecule has 0 fully saturated rings. The molecule has 0 atom stereocenters. The highest BCUT2D eigenvalue weighted by atomic mass is 16.3. The number of nitrogens with zero attached hydrogens (tertiary/aromatic N) is 2. The predicted octanol–water partition coefficient (Wildman–Crippen LogP) is 1.41. The number of nitrogens with one attached hydrogen (secondary N) is 1. The first kappa shape index (κ1) is 12.2. The van der Waals surface area contributed by atoms with Gasteiger partial charge in [0.1, 0.15) is 5.76 Å². The third-order valence-electron chi connectivity index (χ3n) is 2.63. The van der Waals surface area contributed by atoms with E-state index in [1.807, 2.05) is 6.92 Å². The summed E-state index contributed by atoms with van der Waals surface area (Å²) >= 11 is 0. The fraction of sp³-hybridized carbons (Fsp3) is 0.727. The van der Waals surface area contributed by atoms with E-state index < -0.39 is 0 Å². The molecule has 0 saturated carbocycles. The Balaban J connectivity index is 2.14. The third kappa shape index (κ3) is 4.01. The number of aromatic nitrogens is 1. The van der Waals surface area contributed by atoms with Gasteiger partial charge in [-0.2, -0.15) is 0 Å². The number of likely N-dealkylation sites (N-methyl/N-ethyl adjacent to an activating group) is 1. The van der Waals surface area contributed by atoms with Crippen LogP contribution >= 0.6 is 0 Å². The smallest absolute Gasteiger partial charge is 0.181 e. The second kappa shape index (κ2) is 6.58. The predicted molar refractivity (Wildman–Crippen MR) is 60.7 cm³/mol. The Labute approximate surface area is 91.7 Å². The van der Waals surface area contributed by atoms with Crippen molar-refractivity contribution >= 4 is 0 Å². The van der Waals surface area contributed by atoms with Crippen molar-refractivity contribution in [2.75, 3.05) is 26.2 Å². The van der Waals surface area contributed by atoms with Gasteiger partial charge in [-0.1, -0.05) is 13.8 Å². The van der Waals surface area contributed by atoms with Crippen molar-refractivity contribution in [1.29, 1.82) is 0 Å². The first-order valence-electron chi connectivity index (χ1n) is 5.60. The lowest BCUT2D eigenvalue weighted by molar-refractivity contribution is 0.300. The average Bonchev–Trinajstić information content (AvgIpc) is 2.65. The Hall–Kier alpha value is -0.870. The molecule has 0 aliphatic carbocycles. The number of hydrogen-bond acceptors (Lipinski definition) is 4. The van der Waals surface area contributed by atoms with Crippen LogP contribution in [0.3, 0.4) is 0 Å². The highest BCUT2D eigenvalue weighted by Gasteiger charge is 2.02. The summed E-state index contributed by atoms with van der Waals surface area (Å²) in [7, 11) is 0. The summed E-state index contributed by atoms with van der Waals surface area (Å²) in [6.45, 7) is 11.4. The molecule has 0 bridgehead atoms. The molecule has 0 aromatic carbocycles. The van der Waals surface area contributed by atoms with Crippen molar-refractivity contribution in [1.82, 2.24) is 15.2 Å². The van der Waals surface area contributed by atoms with Crippen LogP contribution in [-0.4, -0.2) is 36.1 Å². The molecule has 0 aliphatic rings. The van der Waals surface area contributed by atoms with E-state index in [2.05, 4.69) is 29.0 Å². The van der Waals surface area contributed by atoms with Gasteiger partial charge in [0, 0.05) is 13.1 Å². The molecule has 1 rings (SSSR count). The van der Waals surface area contributed by atoms with Gasteiger partial charge in [0.2, 0.25) is 0 Å². The van der Waals surface area contributed by atoms with Crippen LogP contribution < -0.4 is 5.32 Å². The topological polar surface area (TPSA) is 41.3 Å². The molecular formula is C11H21N3O. The van der Waals surface area contributed by atoms with E-state index in [9.17, 15) is 0 Å². The molecule has 0 unspecified atom stereocenters. The average molecular weight is 211 g/mol. The second-order valence-corrected chi connectivity index (χ2v) is 3.56. The molecule has 1 N–H and O–H groups in total. The quantitative estimate of drug-likeness (QED) is 0.692. The number of rotatable bonds is 7. The van der Waals surface area contributed by atoms with Crippen LogP contribution in [0.4, 0.5) is 0 Å². The lowest BCUT2D eigenvalue weighted by atomic mass is 10.3.